The van der Waals surface area contributed by atoms with Crippen LogP contribution in [0, 0.1) is 0 Å². The number of nitrogens with zero attached hydrogens (tertiary/aromatic N) is 3. The predicted molar refractivity (Wildman–Crippen MR) is 70.1 cm³/mol. The van der Waals surface area contributed by atoms with E-state index in [1.54, 1.807) is 30.1 Å². The van der Waals surface area contributed by atoms with E-state index in [1.165, 1.54) is 0 Å². The van der Waals surface area contributed by atoms with E-state index in [4.69, 9.17) is 22.1 Å². The SMILES string of the molecule is COc1cc(-n2cc(C(C)(C)N)nn2)ccc1Cl. The van der Waals surface area contributed by atoms with E-state index in [0.717, 1.165) is 11.4 Å². The molecule has 2 aromatic rings. The summed E-state index contributed by atoms with van der Waals surface area (Å²) in [5, 5.41) is 8.66. The van der Waals surface area contributed by atoms with Gasteiger partial charge in [-0.25, -0.2) is 4.68 Å². The Morgan fingerprint density at radius 2 is 2.11 bits per heavy atom. The van der Waals surface area contributed by atoms with Gasteiger partial charge in [0.15, 0.2) is 0 Å². The van der Waals surface area contributed by atoms with Gasteiger partial charge < -0.3 is 10.5 Å². The van der Waals surface area contributed by atoms with Crippen LogP contribution in [0.25, 0.3) is 5.69 Å². The van der Waals surface area contributed by atoms with Crippen LogP contribution in [0.5, 0.6) is 5.75 Å². The average Bonchev–Trinajstić information content (AvgIpc) is 2.78. The molecule has 0 atom stereocenters. The van der Waals surface area contributed by atoms with Crippen molar-refractivity contribution < 1.29 is 4.74 Å². The first-order valence-electron chi connectivity index (χ1n) is 5.47. The number of benzene rings is 1. The topological polar surface area (TPSA) is 66.0 Å². The summed E-state index contributed by atoms with van der Waals surface area (Å²) >= 11 is 5.97. The molecule has 2 rings (SSSR count). The van der Waals surface area contributed by atoms with Crippen LogP contribution in [0.2, 0.25) is 5.02 Å². The van der Waals surface area contributed by atoms with Gasteiger partial charge >= 0.3 is 0 Å². The van der Waals surface area contributed by atoms with E-state index in [0.29, 0.717) is 10.8 Å². The van der Waals surface area contributed by atoms with E-state index < -0.39 is 5.54 Å². The van der Waals surface area contributed by atoms with Crippen LogP contribution in [0.4, 0.5) is 0 Å². The Kier molecular flexibility index (Phi) is 3.28. The quantitative estimate of drug-likeness (QED) is 0.924. The van der Waals surface area contributed by atoms with Gasteiger partial charge in [0.05, 0.1) is 29.6 Å². The number of nitrogens with two attached hydrogens (primary N) is 1. The van der Waals surface area contributed by atoms with Crippen LogP contribution in [0.3, 0.4) is 0 Å². The highest BCUT2D eigenvalue weighted by Crippen LogP contribution is 2.26. The third kappa shape index (κ3) is 2.47. The van der Waals surface area contributed by atoms with Crippen molar-refractivity contribution in [3.63, 3.8) is 0 Å². The summed E-state index contributed by atoms with van der Waals surface area (Å²) < 4.78 is 6.80. The van der Waals surface area contributed by atoms with Gasteiger partial charge in [-0.15, -0.1) is 5.10 Å². The summed E-state index contributed by atoms with van der Waals surface area (Å²) in [5.74, 6) is 0.596. The fraction of sp³-hybridized carbons (Fsp3) is 0.333. The zero-order chi connectivity index (χ0) is 13.3. The Morgan fingerprint density at radius 3 is 2.67 bits per heavy atom. The Hall–Kier alpha value is -1.59. The second kappa shape index (κ2) is 4.59. The van der Waals surface area contributed by atoms with Crippen LogP contribution < -0.4 is 10.5 Å². The molecule has 0 aliphatic carbocycles. The highest BCUT2D eigenvalue weighted by atomic mass is 35.5. The lowest BCUT2D eigenvalue weighted by Crippen LogP contribution is -2.29. The van der Waals surface area contributed by atoms with Crippen LogP contribution in [0.15, 0.2) is 24.4 Å². The van der Waals surface area contributed by atoms with Crippen molar-refractivity contribution in [1.82, 2.24) is 15.0 Å². The number of ether oxygens (including phenoxy) is 1. The predicted octanol–water partition coefficient (Wildman–Crippen LogP) is 2.12. The molecule has 0 radical (unpaired) electrons. The summed E-state index contributed by atoms with van der Waals surface area (Å²) in [6, 6.07) is 5.39. The first kappa shape index (κ1) is 12.9. The van der Waals surface area contributed by atoms with E-state index in [-0.39, 0.29) is 0 Å². The molecule has 1 aromatic carbocycles. The monoisotopic (exact) mass is 266 g/mol. The molecule has 1 heterocycles. The maximum absolute atomic E-state index is 5.97. The zero-order valence-corrected chi connectivity index (χ0v) is 11.3. The van der Waals surface area contributed by atoms with Gasteiger partial charge in [-0.1, -0.05) is 16.8 Å². The van der Waals surface area contributed by atoms with Gasteiger partial charge in [0, 0.05) is 6.07 Å². The standard InChI is InChI=1S/C12H15ClN4O/c1-12(2,14)11-7-17(16-15-11)8-4-5-9(13)10(6-8)18-3/h4-7H,14H2,1-3H3. The molecule has 0 amide bonds. The lowest BCUT2D eigenvalue weighted by Gasteiger charge is -2.13. The second-order valence-electron chi connectivity index (χ2n) is 4.59. The van der Waals surface area contributed by atoms with Crippen molar-refractivity contribution in [1.29, 1.82) is 0 Å². The lowest BCUT2D eigenvalue weighted by molar-refractivity contribution is 0.414. The smallest absolute Gasteiger partial charge is 0.139 e. The second-order valence-corrected chi connectivity index (χ2v) is 5.00. The lowest BCUT2D eigenvalue weighted by atomic mass is 10.0. The maximum Gasteiger partial charge on any atom is 0.139 e. The van der Waals surface area contributed by atoms with Crippen molar-refractivity contribution in [2.45, 2.75) is 19.4 Å². The van der Waals surface area contributed by atoms with Crippen LogP contribution in [0.1, 0.15) is 19.5 Å². The Bertz CT molecular complexity index is 559. The molecule has 0 fully saturated rings. The molecule has 5 nitrogen and oxygen atoms in total. The fourth-order valence-corrected chi connectivity index (χ4v) is 1.67. The van der Waals surface area contributed by atoms with Gasteiger partial charge in [-0.3, -0.25) is 0 Å². The Balaban J connectivity index is 2.40. The van der Waals surface area contributed by atoms with Gasteiger partial charge in [0.1, 0.15) is 11.4 Å². The van der Waals surface area contributed by atoms with Gasteiger partial charge in [0.25, 0.3) is 0 Å². The summed E-state index contributed by atoms with van der Waals surface area (Å²) in [7, 11) is 1.57. The van der Waals surface area contributed by atoms with E-state index >= 15 is 0 Å². The van der Waals surface area contributed by atoms with Gasteiger partial charge in [0.2, 0.25) is 0 Å². The van der Waals surface area contributed by atoms with Gasteiger partial charge in [-0.05, 0) is 26.0 Å². The van der Waals surface area contributed by atoms with Crippen molar-refractivity contribution in [2.75, 3.05) is 7.11 Å². The molecule has 0 aliphatic rings. The normalized spacial score (nSPS) is 11.6. The minimum atomic E-state index is -0.519. The Labute approximate surface area is 111 Å². The number of halogens is 1. The minimum Gasteiger partial charge on any atom is -0.495 e. The summed E-state index contributed by atoms with van der Waals surface area (Å²) in [4.78, 5) is 0. The number of rotatable bonds is 3. The highest BCUT2D eigenvalue weighted by molar-refractivity contribution is 6.32. The summed E-state index contributed by atoms with van der Waals surface area (Å²) in [6.45, 7) is 3.76. The third-order valence-corrected chi connectivity index (χ3v) is 2.87. The van der Waals surface area contributed by atoms with Crippen molar-refractivity contribution in [3.8, 4) is 11.4 Å². The molecular formula is C12H15ClN4O. The molecule has 0 saturated carbocycles. The Morgan fingerprint density at radius 1 is 1.39 bits per heavy atom. The number of hydrogen-bond acceptors (Lipinski definition) is 4. The van der Waals surface area contributed by atoms with E-state index in [1.807, 2.05) is 19.9 Å². The zero-order valence-electron chi connectivity index (χ0n) is 10.5. The van der Waals surface area contributed by atoms with Gasteiger partial charge in [-0.2, -0.15) is 0 Å². The number of aromatic nitrogens is 3. The largest absolute Gasteiger partial charge is 0.495 e. The molecule has 0 aliphatic heterocycles. The summed E-state index contributed by atoms with van der Waals surface area (Å²) in [5.41, 5.74) is 6.99. The highest BCUT2D eigenvalue weighted by Gasteiger charge is 2.18. The van der Waals surface area contributed by atoms with Crippen LogP contribution in [-0.2, 0) is 5.54 Å². The van der Waals surface area contributed by atoms with E-state index in [9.17, 15) is 0 Å². The molecule has 96 valence electrons. The van der Waals surface area contributed by atoms with E-state index in [2.05, 4.69) is 10.3 Å². The molecule has 18 heavy (non-hydrogen) atoms. The maximum atomic E-state index is 5.97. The van der Waals surface area contributed by atoms with Crippen molar-refractivity contribution in [3.05, 3.63) is 35.1 Å². The van der Waals surface area contributed by atoms with Crippen molar-refractivity contribution >= 4 is 11.6 Å². The first-order chi connectivity index (χ1) is 8.41. The third-order valence-electron chi connectivity index (χ3n) is 2.55. The molecule has 1 aromatic heterocycles. The van der Waals surface area contributed by atoms with Crippen molar-refractivity contribution in [2.24, 2.45) is 5.73 Å². The number of hydrogen-bond donors (Lipinski definition) is 1. The minimum absolute atomic E-state index is 0.519. The number of methoxy groups -OCH3 is 1. The molecular weight excluding hydrogens is 252 g/mol. The average molecular weight is 267 g/mol. The molecule has 6 heteroatoms. The first-order valence-corrected chi connectivity index (χ1v) is 5.85. The summed E-state index contributed by atoms with van der Waals surface area (Å²) in [6.07, 6.45) is 1.79. The van der Waals surface area contributed by atoms with Crippen LogP contribution >= 0.6 is 11.6 Å². The molecule has 0 saturated heterocycles. The molecule has 2 N–H and O–H groups in total. The van der Waals surface area contributed by atoms with Crippen LogP contribution in [-0.4, -0.2) is 22.1 Å². The fourth-order valence-electron chi connectivity index (χ4n) is 1.48. The molecule has 0 unspecified atom stereocenters. The molecule has 0 bridgehead atoms. The molecule has 0 spiro atoms.